The van der Waals surface area contributed by atoms with E-state index in [1.54, 1.807) is 0 Å². The minimum Gasteiger partial charge on any atom is -0.375 e. The number of likely N-dealkylation sites (N-methyl/N-ethyl adjacent to an activating group) is 1. The van der Waals surface area contributed by atoms with Crippen LogP contribution in [-0.2, 0) is 16.1 Å². The molecule has 0 radical (unpaired) electrons. The molecule has 0 N–H and O–H groups in total. The Bertz CT molecular complexity index is 597. The molecule has 1 aromatic carbocycles. The van der Waals surface area contributed by atoms with Crippen molar-refractivity contribution in [2.45, 2.75) is 69.2 Å². The monoisotopic (exact) mass is 342 g/mol. The van der Waals surface area contributed by atoms with E-state index in [0.29, 0.717) is 18.0 Å². The van der Waals surface area contributed by atoms with Crippen LogP contribution in [0.25, 0.3) is 0 Å². The highest BCUT2D eigenvalue weighted by Gasteiger charge is 2.47. The van der Waals surface area contributed by atoms with Gasteiger partial charge in [-0.1, -0.05) is 30.3 Å². The fourth-order valence-corrected chi connectivity index (χ4v) is 5.16. The lowest BCUT2D eigenvalue weighted by molar-refractivity contribution is -0.135. The number of carbonyl (C=O) groups is 1. The Hall–Kier alpha value is -1.39. The maximum atomic E-state index is 12.4. The van der Waals surface area contributed by atoms with Crippen molar-refractivity contribution in [2.75, 3.05) is 20.2 Å². The van der Waals surface area contributed by atoms with Crippen LogP contribution in [0.1, 0.15) is 50.5 Å². The summed E-state index contributed by atoms with van der Waals surface area (Å²) in [6, 6.07) is 11.4. The molecule has 3 atom stereocenters. The lowest BCUT2D eigenvalue weighted by Crippen LogP contribution is -2.57. The van der Waals surface area contributed by atoms with Gasteiger partial charge in [0.2, 0.25) is 5.91 Å². The van der Waals surface area contributed by atoms with Gasteiger partial charge in [-0.15, -0.1) is 0 Å². The largest absolute Gasteiger partial charge is 0.375 e. The van der Waals surface area contributed by atoms with E-state index >= 15 is 0 Å². The molecular weight excluding hydrogens is 312 g/mol. The van der Waals surface area contributed by atoms with E-state index < -0.39 is 0 Å². The van der Waals surface area contributed by atoms with E-state index in [-0.39, 0.29) is 5.60 Å². The average Bonchev–Trinajstić information content (AvgIpc) is 3.25. The van der Waals surface area contributed by atoms with Crippen LogP contribution >= 0.6 is 0 Å². The predicted octanol–water partition coefficient (Wildman–Crippen LogP) is 3.21. The molecule has 3 aliphatic rings. The highest BCUT2D eigenvalue weighted by atomic mass is 16.5. The zero-order chi connectivity index (χ0) is 17.3. The van der Waals surface area contributed by atoms with Crippen molar-refractivity contribution in [2.24, 2.45) is 0 Å². The fraction of sp³-hybridized carbons (Fsp3) is 0.667. The molecular formula is C21H30N2O2. The van der Waals surface area contributed by atoms with E-state index in [4.69, 9.17) is 4.74 Å². The number of nitrogens with zero attached hydrogens (tertiary/aromatic N) is 2. The van der Waals surface area contributed by atoms with Crippen molar-refractivity contribution >= 4 is 5.91 Å². The van der Waals surface area contributed by atoms with Gasteiger partial charge in [-0.2, -0.15) is 0 Å². The molecule has 1 amide bonds. The molecule has 0 bridgehead atoms. The van der Waals surface area contributed by atoms with Gasteiger partial charge in [0, 0.05) is 38.2 Å². The van der Waals surface area contributed by atoms with Gasteiger partial charge in [0.1, 0.15) is 0 Å². The molecule has 2 saturated heterocycles. The molecule has 0 unspecified atom stereocenters. The van der Waals surface area contributed by atoms with Gasteiger partial charge in [-0.05, 0) is 51.1 Å². The highest BCUT2D eigenvalue weighted by molar-refractivity contribution is 5.78. The standard InChI is InChI=1S/C21H30N2O2/c1-22(16-17-7-3-2-4-8-17)19-15-21(11-6-14-25-21)12-10-18(19)23-13-5-9-20(23)24/h2-4,7-8,18-19H,5-6,9-16H2,1H3/t18-,19-,21+/m0/s1. The number of benzene rings is 1. The first-order chi connectivity index (χ1) is 12.2. The van der Waals surface area contributed by atoms with Crippen LogP contribution in [0.5, 0.6) is 0 Å². The lowest BCUT2D eigenvalue weighted by atomic mass is 9.76. The van der Waals surface area contributed by atoms with Gasteiger partial charge < -0.3 is 9.64 Å². The quantitative estimate of drug-likeness (QED) is 0.842. The van der Waals surface area contributed by atoms with Crippen molar-refractivity contribution in [1.82, 2.24) is 9.80 Å². The van der Waals surface area contributed by atoms with Crippen molar-refractivity contribution in [3.05, 3.63) is 35.9 Å². The van der Waals surface area contributed by atoms with Crippen molar-refractivity contribution in [3.63, 3.8) is 0 Å². The summed E-state index contributed by atoms with van der Waals surface area (Å²) in [6.07, 6.45) is 7.36. The number of hydrogen-bond donors (Lipinski definition) is 0. The summed E-state index contributed by atoms with van der Waals surface area (Å²) < 4.78 is 6.22. The Morgan fingerprint density at radius 3 is 2.76 bits per heavy atom. The first-order valence-electron chi connectivity index (χ1n) is 9.84. The topological polar surface area (TPSA) is 32.8 Å². The Balaban J connectivity index is 1.54. The second-order valence-electron chi connectivity index (χ2n) is 8.10. The number of likely N-dealkylation sites (tertiary alicyclic amines) is 1. The molecule has 4 rings (SSSR count). The molecule has 3 fully saturated rings. The van der Waals surface area contributed by atoms with Gasteiger partial charge in [-0.3, -0.25) is 9.69 Å². The number of amides is 1. The maximum absolute atomic E-state index is 12.4. The van der Waals surface area contributed by atoms with Crippen LogP contribution in [0.2, 0.25) is 0 Å². The summed E-state index contributed by atoms with van der Waals surface area (Å²) >= 11 is 0. The summed E-state index contributed by atoms with van der Waals surface area (Å²) in [6.45, 7) is 2.77. The van der Waals surface area contributed by atoms with Gasteiger partial charge >= 0.3 is 0 Å². The predicted molar refractivity (Wildman–Crippen MR) is 98.2 cm³/mol. The van der Waals surface area contributed by atoms with Crippen LogP contribution < -0.4 is 0 Å². The van der Waals surface area contributed by atoms with Crippen LogP contribution in [0, 0.1) is 0 Å². The molecule has 136 valence electrons. The van der Waals surface area contributed by atoms with Gasteiger partial charge in [-0.25, -0.2) is 0 Å². The normalized spacial score (nSPS) is 32.9. The van der Waals surface area contributed by atoms with Crippen LogP contribution in [0.15, 0.2) is 30.3 Å². The first-order valence-corrected chi connectivity index (χ1v) is 9.84. The molecule has 0 aromatic heterocycles. The third kappa shape index (κ3) is 3.47. The summed E-state index contributed by atoms with van der Waals surface area (Å²) in [5.74, 6) is 0.353. The number of hydrogen-bond acceptors (Lipinski definition) is 3. The Labute approximate surface area is 151 Å². The highest BCUT2D eigenvalue weighted by Crippen LogP contribution is 2.43. The molecule has 25 heavy (non-hydrogen) atoms. The van der Waals surface area contributed by atoms with Gasteiger partial charge in [0.15, 0.2) is 0 Å². The molecule has 4 heteroatoms. The third-order valence-corrected chi connectivity index (χ3v) is 6.46. The van der Waals surface area contributed by atoms with E-state index in [9.17, 15) is 4.79 Å². The number of rotatable bonds is 4. The summed E-state index contributed by atoms with van der Waals surface area (Å²) in [4.78, 5) is 17.0. The first kappa shape index (κ1) is 17.0. The van der Waals surface area contributed by atoms with E-state index in [1.165, 1.54) is 18.4 Å². The molecule has 2 aliphatic heterocycles. The van der Waals surface area contributed by atoms with E-state index in [2.05, 4.69) is 47.2 Å². The van der Waals surface area contributed by atoms with Crippen molar-refractivity contribution < 1.29 is 9.53 Å². The van der Waals surface area contributed by atoms with E-state index in [1.807, 2.05) is 0 Å². The number of ether oxygens (including phenoxy) is 1. The smallest absolute Gasteiger partial charge is 0.222 e. The molecule has 4 nitrogen and oxygen atoms in total. The second kappa shape index (κ2) is 7.08. The minimum absolute atomic E-state index is 0.0644. The molecule has 1 aromatic rings. The Kier molecular flexibility index (Phi) is 4.83. The van der Waals surface area contributed by atoms with Crippen LogP contribution in [0.4, 0.5) is 0 Å². The maximum Gasteiger partial charge on any atom is 0.222 e. The average molecular weight is 342 g/mol. The summed E-state index contributed by atoms with van der Waals surface area (Å²) in [5, 5.41) is 0. The zero-order valence-corrected chi connectivity index (χ0v) is 15.3. The fourth-order valence-electron chi connectivity index (χ4n) is 5.16. The Morgan fingerprint density at radius 2 is 2.08 bits per heavy atom. The third-order valence-electron chi connectivity index (χ3n) is 6.46. The summed E-state index contributed by atoms with van der Waals surface area (Å²) in [5.41, 5.74) is 1.40. The Morgan fingerprint density at radius 1 is 1.24 bits per heavy atom. The molecule has 2 heterocycles. The molecule has 1 saturated carbocycles. The van der Waals surface area contributed by atoms with E-state index in [0.717, 1.165) is 51.8 Å². The van der Waals surface area contributed by atoms with Gasteiger partial charge in [0.05, 0.1) is 5.60 Å². The SMILES string of the molecule is CN(Cc1ccccc1)[C@H]1C[C@@]2(CCCO2)CC[C@@H]1N1CCCC1=O. The van der Waals surface area contributed by atoms with Crippen molar-refractivity contribution in [3.8, 4) is 0 Å². The number of carbonyl (C=O) groups excluding carboxylic acids is 1. The lowest BCUT2D eigenvalue weighted by Gasteiger charge is -2.48. The van der Waals surface area contributed by atoms with Gasteiger partial charge in [0.25, 0.3) is 0 Å². The molecule has 1 spiro atoms. The van der Waals surface area contributed by atoms with Crippen LogP contribution in [0.3, 0.4) is 0 Å². The van der Waals surface area contributed by atoms with Crippen LogP contribution in [-0.4, -0.2) is 53.6 Å². The van der Waals surface area contributed by atoms with Crippen molar-refractivity contribution in [1.29, 1.82) is 0 Å². The summed E-state index contributed by atoms with van der Waals surface area (Å²) in [7, 11) is 2.22. The second-order valence-corrected chi connectivity index (χ2v) is 8.10. The molecule has 1 aliphatic carbocycles. The zero-order valence-electron chi connectivity index (χ0n) is 15.3. The minimum atomic E-state index is 0.0644.